The minimum absolute atomic E-state index is 0.0330. The van der Waals surface area contributed by atoms with E-state index in [2.05, 4.69) is 0 Å². The predicted molar refractivity (Wildman–Crippen MR) is 95.5 cm³/mol. The Bertz CT molecular complexity index is 996. The van der Waals surface area contributed by atoms with Crippen molar-refractivity contribution in [3.05, 3.63) is 23.3 Å². The molecule has 31 heavy (non-hydrogen) atoms. The normalized spacial score (nSPS) is 21.5. The molecule has 0 saturated carbocycles. The fourth-order valence-electron chi connectivity index (χ4n) is 3.29. The molecule has 1 atom stereocenters. The summed E-state index contributed by atoms with van der Waals surface area (Å²) in [4.78, 5) is 11.8. The summed E-state index contributed by atoms with van der Waals surface area (Å²) in [6.07, 6.45) is -5.22. The zero-order chi connectivity index (χ0) is 23.6. The first kappa shape index (κ1) is 23.5. The Hall–Kier alpha value is -2.15. The van der Waals surface area contributed by atoms with Gasteiger partial charge in [-0.25, -0.2) is 22.0 Å². The van der Waals surface area contributed by atoms with Crippen LogP contribution < -0.4 is 4.74 Å². The zero-order valence-electron chi connectivity index (χ0n) is 16.7. The van der Waals surface area contributed by atoms with Crippen molar-refractivity contribution in [3.8, 4) is 5.75 Å². The lowest BCUT2D eigenvalue weighted by molar-refractivity contribution is -0.0979. The molecule has 1 aromatic carbocycles. The molecule has 174 valence electrons. The number of sulfone groups is 1. The van der Waals surface area contributed by atoms with Crippen LogP contribution in [0.15, 0.2) is 17.0 Å². The Labute approximate surface area is 174 Å². The summed E-state index contributed by atoms with van der Waals surface area (Å²) >= 11 is 0. The number of benzene rings is 1. The van der Waals surface area contributed by atoms with Gasteiger partial charge in [-0.15, -0.1) is 0 Å². The van der Waals surface area contributed by atoms with Crippen molar-refractivity contribution in [2.45, 2.75) is 61.3 Å². The highest BCUT2D eigenvalue weighted by Crippen LogP contribution is 2.50. The molecule has 0 bridgehead atoms. The number of alkyl halides is 5. The van der Waals surface area contributed by atoms with Crippen LogP contribution in [0, 0.1) is 0 Å². The van der Waals surface area contributed by atoms with Crippen LogP contribution in [0.25, 0.3) is 0 Å². The van der Waals surface area contributed by atoms with Gasteiger partial charge in [0, 0.05) is 17.5 Å². The molecule has 13 heteroatoms. The van der Waals surface area contributed by atoms with Crippen molar-refractivity contribution in [2.24, 2.45) is 0 Å². The number of amides is 1. The van der Waals surface area contributed by atoms with Gasteiger partial charge in [0.1, 0.15) is 23.6 Å². The van der Waals surface area contributed by atoms with Crippen LogP contribution in [-0.4, -0.2) is 60.7 Å². The van der Waals surface area contributed by atoms with E-state index in [-0.39, 0.29) is 18.8 Å². The summed E-state index contributed by atoms with van der Waals surface area (Å²) in [6, 6.07) is 1.34. The molecule has 1 fully saturated rings. The lowest BCUT2D eigenvalue weighted by Crippen LogP contribution is -2.57. The maximum absolute atomic E-state index is 14.1. The Morgan fingerprint density at radius 1 is 1.19 bits per heavy atom. The van der Waals surface area contributed by atoms with E-state index in [1.165, 1.54) is 4.90 Å². The number of aliphatic hydroxyl groups excluding tert-OH is 1. The van der Waals surface area contributed by atoms with Crippen LogP contribution in [0.3, 0.4) is 0 Å². The number of halogens is 5. The van der Waals surface area contributed by atoms with Crippen molar-refractivity contribution >= 4 is 15.9 Å². The van der Waals surface area contributed by atoms with Gasteiger partial charge in [-0.1, -0.05) is 0 Å². The molecule has 3 rings (SSSR count). The lowest BCUT2D eigenvalue weighted by Gasteiger charge is -2.39. The van der Waals surface area contributed by atoms with E-state index in [0.717, 1.165) is 6.07 Å². The van der Waals surface area contributed by atoms with E-state index in [9.17, 15) is 40.3 Å². The molecule has 0 spiro atoms. The molecule has 0 radical (unpaired) electrons. The van der Waals surface area contributed by atoms with Crippen LogP contribution in [0.1, 0.15) is 38.0 Å². The molecular weight excluding hydrogens is 453 g/mol. The number of fused-ring (bicyclic) bond motifs is 1. The third-order valence-corrected chi connectivity index (χ3v) is 6.29. The minimum atomic E-state index is -5.98. The monoisotopic (exact) mass is 473 g/mol. The van der Waals surface area contributed by atoms with Gasteiger partial charge in [0.05, 0.1) is 18.0 Å². The number of hydrogen-bond donors (Lipinski definition) is 1. The quantitative estimate of drug-likeness (QED) is 0.678. The average molecular weight is 473 g/mol. The Morgan fingerprint density at radius 3 is 2.29 bits per heavy atom. The summed E-state index contributed by atoms with van der Waals surface area (Å²) in [7, 11) is -5.98. The molecule has 2 aliphatic rings. The Morgan fingerprint density at radius 2 is 1.77 bits per heavy atom. The molecule has 1 heterocycles. The van der Waals surface area contributed by atoms with Gasteiger partial charge < -0.3 is 19.5 Å². The molecule has 1 aliphatic carbocycles. The maximum Gasteiger partial charge on any atom is 0.501 e. The second-order valence-electron chi connectivity index (χ2n) is 8.37. The van der Waals surface area contributed by atoms with Gasteiger partial charge in [-0.05, 0) is 32.9 Å². The first-order valence-corrected chi connectivity index (χ1v) is 10.6. The molecule has 1 aliphatic heterocycles. The Balaban J connectivity index is 1.86. The summed E-state index contributed by atoms with van der Waals surface area (Å²) in [5, 5.41) is 9.86. The van der Waals surface area contributed by atoms with Crippen molar-refractivity contribution in [1.29, 1.82) is 0 Å². The predicted octanol–water partition coefficient (Wildman–Crippen LogP) is 3.20. The van der Waals surface area contributed by atoms with Crippen molar-refractivity contribution < 1.29 is 49.7 Å². The van der Waals surface area contributed by atoms with E-state index < -0.39 is 67.6 Å². The fourth-order valence-corrected chi connectivity index (χ4v) is 4.31. The smallest absolute Gasteiger partial charge is 0.486 e. The standard InChI is InChI=1S/C18H20F5NO6S/c1-16(2,3)30-15(26)24-7-9(8-24)29-11-4-5-12(31(27,28)18(21,22)23)13-10(11)6-17(19,20)14(13)25/h4-5,9,14,25H,6-8H2,1-3H3/t14-/m0/s1. The number of hydrogen-bond acceptors (Lipinski definition) is 6. The second-order valence-corrected chi connectivity index (χ2v) is 10.3. The number of carbonyl (C=O) groups is 1. The third kappa shape index (κ3) is 4.29. The van der Waals surface area contributed by atoms with Crippen LogP contribution in [0.5, 0.6) is 5.75 Å². The van der Waals surface area contributed by atoms with Gasteiger partial charge in [0.15, 0.2) is 0 Å². The molecule has 0 unspecified atom stereocenters. The summed E-state index contributed by atoms with van der Waals surface area (Å²) in [5.41, 5.74) is -8.00. The topological polar surface area (TPSA) is 93.1 Å². The van der Waals surface area contributed by atoms with Crippen LogP contribution >= 0.6 is 0 Å². The van der Waals surface area contributed by atoms with Gasteiger partial charge in [0.2, 0.25) is 0 Å². The summed E-state index contributed by atoms with van der Waals surface area (Å²) < 4.78 is 101. The first-order valence-electron chi connectivity index (χ1n) is 9.11. The van der Waals surface area contributed by atoms with Crippen molar-refractivity contribution in [3.63, 3.8) is 0 Å². The fraction of sp³-hybridized carbons (Fsp3) is 0.611. The van der Waals surface area contributed by atoms with E-state index in [0.29, 0.717) is 6.07 Å². The van der Waals surface area contributed by atoms with Crippen LogP contribution in [0.2, 0.25) is 0 Å². The highest BCUT2D eigenvalue weighted by molar-refractivity contribution is 7.92. The molecule has 1 amide bonds. The molecule has 7 nitrogen and oxygen atoms in total. The van der Waals surface area contributed by atoms with Gasteiger partial charge in [0.25, 0.3) is 15.8 Å². The SMILES string of the molecule is CC(C)(C)OC(=O)N1CC(Oc2ccc(S(=O)(=O)C(F)(F)F)c3c2CC(F)(F)[C@H]3O)C1. The highest BCUT2D eigenvalue weighted by atomic mass is 32.2. The lowest BCUT2D eigenvalue weighted by atomic mass is 10.1. The van der Waals surface area contributed by atoms with E-state index >= 15 is 0 Å². The van der Waals surface area contributed by atoms with E-state index in [1.54, 1.807) is 20.8 Å². The largest absolute Gasteiger partial charge is 0.501 e. The molecule has 1 saturated heterocycles. The second kappa shape index (κ2) is 7.19. The van der Waals surface area contributed by atoms with E-state index in [4.69, 9.17) is 9.47 Å². The van der Waals surface area contributed by atoms with Crippen LogP contribution in [0.4, 0.5) is 26.7 Å². The molecule has 1 aromatic rings. The van der Waals surface area contributed by atoms with Crippen molar-refractivity contribution in [2.75, 3.05) is 13.1 Å². The average Bonchev–Trinajstić information content (AvgIpc) is 2.78. The van der Waals surface area contributed by atoms with Gasteiger partial charge in [-0.2, -0.15) is 13.2 Å². The first-order chi connectivity index (χ1) is 13.9. The zero-order valence-corrected chi connectivity index (χ0v) is 17.5. The third-order valence-electron chi connectivity index (χ3n) is 4.75. The molecule has 0 aromatic heterocycles. The molecular formula is C18H20F5NO6S. The number of ether oxygens (including phenoxy) is 2. The summed E-state index contributed by atoms with van der Waals surface area (Å²) in [5.74, 6) is -4.15. The number of likely N-dealkylation sites (tertiary alicyclic amines) is 1. The number of rotatable bonds is 3. The minimum Gasteiger partial charge on any atom is -0.486 e. The van der Waals surface area contributed by atoms with E-state index in [1.807, 2.05) is 0 Å². The molecule has 1 N–H and O–H groups in total. The number of nitrogens with zero attached hydrogens (tertiary/aromatic N) is 1. The van der Waals surface area contributed by atoms with Gasteiger partial charge >= 0.3 is 11.6 Å². The summed E-state index contributed by atoms with van der Waals surface area (Å²) in [6.45, 7) is 5.08. The Kier molecular flexibility index (Phi) is 5.45. The highest BCUT2D eigenvalue weighted by Gasteiger charge is 2.55. The van der Waals surface area contributed by atoms with Crippen molar-refractivity contribution in [1.82, 2.24) is 4.90 Å². The maximum atomic E-state index is 14.1. The number of aliphatic hydroxyl groups is 1. The number of carbonyl (C=O) groups excluding carboxylic acids is 1. The van der Waals surface area contributed by atoms with Crippen LogP contribution in [-0.2, 0) is 21.0 Å². The van der Waals surface area contributed by atoms with Gasteiger partial charge in [-0.3, -0.25) is 0 Å².